The van der Waals surface area contributed by atoms with Crippen molar-refractivity contribution >= 4 is 39.3 Å². The Kier molecular flexibility index (Phi) is 4.38. The molecule has 0 saturated carbocycles. The van der Waals surface area contributed by atoms with Gasteiger partial charge in [0.25, 0.3) is 0 Å². The zero-order valence-electron chi connectivity index (χ0n) is 13.7. The van der Waals surface area contributed by atoms with Gasteiger partial charge in [-0.2, -0.15) is 0 Å². The Morgan fingerprint density at radius 1 is 1.17 bits per heavy atom. The first-order chi connectivity index (χ1) is 11.7. The SMILES string of the molecule is CSc1nc2ncnc(N3CCN(Cc4nccn4C)CC3)c2s1. The molecule has 0 atom stereocenters. The van der Waals surface area contributed by atoms with Crippen molar-refractivity contribution in [1.82, 2.24) is 29.4 Å². The molecule has 0 unspecified atom stereocenters. The third-order valence-electron chi connectivity index (χ3n) is 4.29. The normalized spacial score (nSPS) is 16.2. The lowest BCUT2D eigenvalue weighted by molar-refractivity contribution is 0.241. The van der Waals surface area contributed by atoms with Crippen LogP contribution < -0.4 is 4.90 Å². The molecule has 1 aliphatic heterocycles. The highest BCUT2D eigenvalue weighted by molar-refractivity contribution is 8.00. The standard InChI is InChI=1S/C15H19N7S2/c1-20-4-3-16-11(20)9-21-5-7-22(8-6-21)14-12-13(17-10-18-14)19-15(23-2)24-12/h3-4,10H,5-9H2,1-2H3. The summed E-state index contributed by atoms with van der Waals surface area (Å²) in [5.41, 5.74) is 0.810. The number of rotatable bonds is 4. The van der Waals surface area contributed by atoms with E-state index in [1.165, 1.54) is 0 Å². The second kappa shape index (κ2) is 6.66. The van der Waals surface area contributed by atoms with Gasteiger partial charge in [0.1, 0.15) is 16.9 Å². The summed E-state index contributed by atoms with van der Waals surface area (Å²) in [6, 6.07) is 0. The molecule has 24 heavy (non-hydrogen) atoms. The number of aryl methyl sites for hydroxylation is 1. The Balaban J connectivity index is 1.48. The molecule has 1 saturated heterocycles. The van der Waals surface area contributed by atoms with Crippen LogP contribution in [0.4, 0.5) is 5.82 Å². The van der Waals surface area contributed by atoms with Crippen molar-refractivity contribution in [2.45, 2.75) is 10.9 Å². The van der Waals surface area contributed by atoms with Crippen molar-refractivity contribution in [3.8, 4) is 0 Å². The predicted molar refractivity (Wildman–Crippen MR) is 97.7 cm³/mol. The van der Waals surface area contributed by atoms with Crippen LogP contribution in [0.1, 0.15) is 5.82 Å². The van der Waals surface area contributed by atoms with Crippen LogP contribution in [0.25, 0.3) is 10.3 Å². The van der Waals surface area contributed by atoms with Crippen molar-refractivity contribution in [2.24, 2.45) is 7.05 Å². The number of aromatic nitrogens is 5. The molecule has 1 aliphatic rings. The van der Waals surface area contributed by atoms with Crippen LogP contribution in [0.5, 0.6) is 0 Å². The van der Waals surface area contributed by atoms with Gasteiger partial charge in [0.15, 0.2) is 15.8 Å². The zero-order chi connectivity index (χ0) is 16.5. The average Bonchev–Trinajstić information content (AvgIpc) is 3.21. The van der Waals surface area contributed by atoms with E-state index in [1.54, 1.807) is 29.4 Å². The first-order valence-corrected chi connectivity index (χ1v) is 9.88. The highest BCUT2D eigenvalue weighted by atomic mass is 32.2. The molecule has 0 bridgehead atoms. The van der Waals surface area contributed by atoms with E-state index in [0.717, 1.165) is 59.1 Å². The summed E-state index contributed by atoms with van der Waals surface area (Å²) in [5.74, 6) is 2.13. The van der Waals surface area contributed by atoms with E-state index >= 15 is 0 Å². The van der Waals surface area contributed by atoms with Gasteiger partial charge in [-0.15, -0.1) is 11.3 Å². The summed E-state index contributed by atoms with van der Waals surface area (Å²) in [7, 11) is 2.04. The Bertz CT molecular complexity index is 835. The minimum Gasteiger partial charge on any atom is -0.353 e. The molecule has 0 radical (unpaired) electrons. The molecule has 1 fully saturated rings. The van der Waals surface area contributed by atoms with Gasteiger partial charge in [0, 0.05) is 45.6 Å². The van der Waals surface area contributed by atoms with Crippen LogP contribution in [0.3, 0.4) is 0 Å². The lowest BCUT2D eigenvalue weighted by atomic mass is 10.3. The van der Waals surface area contributed by atoms with E-state index in [4.69, 9.17) is 0 Å². The maximum absolute atomic E-state index is 4.54. The molecule has 126 valence electrons. The molecule has 7 nitrogen and oxygen atoms in total. The first kappa shape index (κ1) is 15.8. The Hall–Kier alpha value is -1.71. The highest BCUT2D eigenvalue weighted by Crippen LogP contribution is 2.33. The predicted octanol–water partition coefficient (Wildman–Crippen LogP) is 1.86. The molecule has 0 aliphatic carbocycles. The summed E-state index contributed by atoms with van der Waals surface area (Å²) in [4.78, 5) is 22.6. The number of hydrogen-bond donors (Lipinski definition) is 0. The van der Waals surface area contributed by atoms with E-state index in [0.29, 0.717) is 0 Å². The van der Waals surface area contributed by atoms with Gasteiger partial charge in [-0.05, 0) is 6.26 Å². The molecular weight excluding hydrogens is 342 g/mol. The van der Waals surface area contributed by atoms with E-state index in [2.05, 4.69) is 34.3 Å². The van der Waals surface area contributed by atoms with Gasteiger partial charge in [0.05, 0.1) is 6.54 Å². The lowest BCUT2D eigenvalue weighted by Crippen LogP contribution is -2.46. The third-order valence-corrected chi connectivity index (χ3v) is 6.31. The van der Waals surface area contributed by atoms with Crippen LogP contribution in [0.15, 0.2) is 23.1 Å². The van der Waals surface area contributed by atoms with E-state index in [9.17, 15) is 0 Å². The zero-order valence-corrected chi connectivity index (χ0v) is 15.3. The van der Waals surface area contributed by atoms with Crippen molar-refractivity contribution in [2.75, 3.05) is 37.3 Å². The fraction of sp³-hybridized carbons (Fsp3) is 0.467. The largest absolute Gasteiger partial charge is 0.353 e. The lowest BCUT2D eigenvalue weighted by Gasteiger charge is -2.35. The number of thiazole rings is 1. The topological polar surface area (TPSA) is 63.0 Å². The average molecular weight is 362 g/mol. The van der Waals surface area contributed by atoms with Crippen molar-refractivity contribution in [1.29, 1.82) is 0 Å². The molecule has 9 heteroatoms. The maximum atomic E-state index is 4.54. The second-order valence-electron chi connectivity index (χ2n) is 5.75. The monoisotopic (exact) mass is 361 g/mol. The number of anilines is 1. The molecule has 0 aromatic carbocycles. The fourth-order valence-electron chi connectivity index (χ4n) is 2.90. The fourth-order valence-corrected chi connectivity index (χ4v) is 4.43. The molecule has 4 heterocycles. The highest BCUT2D eigenvalue weighted by Gasteiger charge is 2.22. The molecule has 0 spiro atoms. The van der Waals surface area contributed by atoms with Gasteiger partial charge in [0.2, 0.25) is 0 Å². The number of thioether (sulfide) groups is 1. The summed E-state index contributed by atoms with van der Waals surface area (Å²) < 4.78 is 4.22. The Morgan fingerprint density at radius 2 is 2.00 bits per heavy atom. The van der Waals surface area contributed by atoms with Gasteiger partial charge in [-0.1, -0.05) is 11.8 Å². The van der Waals surface area contributed by atoms with Crippen LogP contribution in [0, 0.1) is 0 Å². The summed E-state index contributed by atoms with van der Waals surface area (Å²) in [5, 5.41) is 0. The number of fused-ring (bicyclic) bond motifs is 1. The molecule has 3 aromatic rings. The number of imidazole rings is 1. The summed E-state index contributed by atoms with van der Waals surface area (Å²) in [6.07, 6.45) is 7.52. The van der Waals surface area contributed by atoms with Crippen molar-refractivity contribution < 1.29 is 0 Å². The smallest absolute Gasteiger partial charge is 0.176 e. The Labute approximate surface area is 148 Å². The number of hydrogen-bond acceptors (Lipinski definition) is 8. The molecule has 4 rings (SSSR count). The number of piperazine rings is 1. The van der Waals surface area contributed by atoms with Crippen LogP contribution in [-0.4, -0.2) is 61.8 Å². The third kappa shape index (κ3) is 2.99. The molecule has 0 N–H and O–H groups in total. The van der Waals surface area contributed by atoms with E-state index in [1.807, 2.05) is 25.7 Å². The minimum absolute atomic E-state index is 0.810. The maximum Gasteiger partial charge on any atom is 0.176 e. The van der Waals surface area contributed by atoms with Crippen molar-refractivity contribution in [3.63, 3.8) is 0 Å². The van der Waals surface area contributed by atoms with Crippen molar-refractivity contribution in [3.05, 3.63) is 24.5 Å². The second-order valence-corrected chi connectivity index (χ2v) is 7.80. The number of nitrogens with zero attached hydrogens (tertiary/aromatic N) is 7. The first-order valence-electron chi connectivity index (χ1n) is 7.83. The minimum atomic E-state index is 0.810. The summed E-state index contributed by atoms with van der Waals surface area (Å²) in [6.45, 7) is 4.83. The van der Waals surface area contributed by atoms with Crippen LogP contribution in [0.2, 0.25) is 0 Å². The quantitative estimate of drug-likeness (QED) is 0.657. The Morgan fingerprint density at radius 3 is 2.71 bits per heavy atom. The van der Waals surface area contributed by atoms with Gasteiger partial charge >= 0.3 is 0 Å². The van der Waals surface area contributed by atoms with Gasteiger partial charge in [-0.25, -0.2) is 19.9 Å². The molecule has 3 aromatic heterocycles. The van der Waals surface area contributed by atoms with Gasteiger partial charge in [-0.3, -0.25) is 4.90 Å². The van der Waals surface area contributed by atoms with Crippen LogP contribution in [-0.2, 0) is 13.6 Å². The van der Waals surface area contributed by atoms with E-state index < -0.39 is 0 Å². The summed E-state index contributed by atoms with van der Waals surface area (Å²) >= 11 is 3.34. The molecule has 0 amide bonds. The van der Waals surface area contributed by atoms with E-state index in [-0.39, 0.29) is 0 Å². The van der Waals surface area contributed by atoms with Gasteiger partial charge < -0.3 is 9.47 Å². The molecular formula is C15H19N7S2. The van der Waals surface area contributed by atoms with Crippen LogP contribution >= 0.6 is 23.1 Å².